The molecule has 0 unspecified atom stereocenters. The standard InChI is InChI=1S/C29H36N2O7/c1-4-16-38-22-9-6-20(7-10-22)27(32)25-26(21-8-11-23(35-2)24(19-21)36-3)31(29(34)28(25)33)13-5-12-30-14-17-37-18-15-30/h6-11,19,26,32H,4-5,12-18H2,1-3H3/b27-25+/t26-/m0/s1. The molecule has 9 heteroatoms. The van der Waals surface area contributed by atoms with Crippen molar-refractivity contribution in [3.63, 3.8) is 0 Å². The van der Waals surface area contributed by atoms with E-state index >= 15 is 0 Å². The molecule has 2 fully saturated rings. The molecular formula is C29H36N2O7. The van der Waals surface area contributed by atoms with Crippen LogP contribution in [0.3, 0.4) is 0 Å². The number of carbonyl (C=O) groups is 2. The van der Waals surface area contributed by atoms with Gasteiger partial charge in [-0.25, -0.2) is 0 Å². The number of methoxy groups -OCH3 is 2. The molecule has 2 aromatic rings. The molecule has 0 aliphatic carbocycles. The predicted molar refractivity (Wildman–Crippen MR) is 143 cm³/mol. The van der Waals surface area contributed by atoms with Gasteiger partial charge in [0.2, 0.25) is 0 Å². The third-order valence-electron chi connectivity index (χ3n) is 6.84. The maximum Gasteiger partial charge on any atom is 0.295 e. The Morgan fingerprint density at radius 3 is 2.37 bits per heavy atom. The number of ketones is 1. The van der Waals surface area contributed by atoms with E-state index in [2.05, 4.69) is 4.90 Å². The maximum absolute atomic E-state index is 13.3. The van der Waals surface area contributed by atoms with Crippen molar-refractivity contribution in [2.24, 2.45) is 0 Å². The van der Waals surface area contributed by atoms with Crippen LogP contribution in [0.2, 0.25) is 0 Å². The van der Waals surface area contributed by atoms with E-state index < -0.39 is 17.7 Å². The maximum atomic E-state index is 13.3. The molecule has 0 bridgehead atoms. The van der Waals surface area contributed by atoms with E-state index in [0.717, 1.165) is 26.1 Å². The molecule has 38 heavy (non-hydrogen) atoms. The van der Waals surface area contributed by atoms with Crippen LogP contribution < -0.4 is 14.2 Å². The van der Waals surface area contributed by atoms with Gasteiger partial charge >= 0.3 is 0 Å². The molecule has 1 amide bonds. The summed E-state index contributed by atoms with van der Waals surface area (Å²) in [4.78, 5) is 30.5. The number of ether oxygens (including phenoxy) is 4. The van der Waals surface area contributed by atoms with Crippen molar-refractivity contribution in [1.82, 2.24) is 9.80 Å². The minimum absolute atomic E-state index is 0.0517. The normalized spacial score (nSPS) is 19.6. The number of hydrogen-bond acceptors (Lipinski definition) is 8. The van der Waals surface area contributed by atoms with Gasteiger partial charge in [-0.15, -0.1) is 0 Å². The van der Waals surface area contributed by atoms with Gasteiger partial charge in [0.15, 0.2) is 11.5 Å². The Labute approximate surface area is 223 Å². The monoisotopic (exact) mass is 524 g/mol. The third-order valence-corrected chi connectivity index (χ3v) is 6.84. The summed E-state index contributed by atoms with van der Waals surface area (Å²) in [5.41, 5.74) is 1.14. The lowest BCUT2D eigenvalue weighted by atomic mass is 9.95. The van der Waals surface area contributed by atoms with E-state index in [1.54, 1.807) is 54.5 Å². The Morgan fingerprint density at radius 1 is 1.00 bits per heavy atom. The van der Waals surface area contributed by atoms with Crippen LogP contribution in [0.5, 0.6) is 17.2 Å². The highest BCUT2D eigenvalue weighted by Crippen LogP contribution is 2.42. The van der Waals surface area contributed by atoms with Crippen LogP contribution in [0.1, 0.15) is 36.9 Å². The van der Waals surface area contributed by atoms with Crippen molar-refractivity contribution in [1.29, 1.82) is 0 Å². The van der Waals surface area contributed by atoms with Crippen molar-refractivity contribution in [2.45, 2.75) is 25.8 Å². The molecule has 9 nitrogen and oxygen atoms in total. The fourth-order valence-electron chi connectivity index (χ4n) is 4.85. The molecule has 2 heterocycles. The van der Waals surface area contributed by atoms with Crippen LogP contribution in [0.15, 0.2) is 48.0 Å². The van der Waals surface area contributed by atoms with Crippen molar-refractivity contribution >= 4 is 17.4 Å². The van der Waals surface area contributed by atoms with Gasteiger partial charge in [0.25, 0.3) is 11.7 Å². The van der Waals surface area contributed by atoms with Crippen LogP contribution in [0, 0.1) is 0 Å². The minimum atomic E-state index is -0.768. The first-order chi connectivity index (χ1) is 18.5. The molecule has 0 radical (unpaired) electrons. The fraction of sp³-hybridized carbons (Fsp3) is 0.448. The lowest BCUT2D eigenvalue weighted by Crippen LogP contribution is -2.38. The number of rotatable bonds is 11. The summed E-state index contributed by atoms with van der Waals surface area (Å²) in [6, 6.07) is 11.4. The molecule has 2 aromatic carbocycles. The molecule has 2 aliphatic rings. The average molecular weight is 525 g/mol. The largest absolute Gasteiger partial charge is 0.507 e. The van der Waals surface area contributed by atoms with Gasteiger partial charge in [0.05, 0.1) is 45.7 Å². The highest BCUT2D eigenvalue weighted by molar-refractivity contribution is 6.46. The van der Waals surface area contributed by atoms with E-state index in [9.17, 15) is 14.7 Å². The minimum Gasteiger partial charge on any atom is -0.507 e. The predicted octanol–water partition coefficient (Wildman–Crippen LogP) is 3.64. The molecule has 1 atom stereocenters. The van der Waals surface area contributed by atoms with Gasteiger partial charge < -0.3 is 29.0 Å². The first-order valence-corrected chi connectivity index (χ1v) is 13.0. The molecule has 0 saturated carbocycles. The number of hydrogen-bond donors (Lipinski definition) is 1. The Bertz CT molecular complexity index is 1160. The summed E-state index contributed by atoms with van der Waals surface area (Å²) in [5, 5.41) is 11.3. The van der Waals surface area contributed by atoms with Crippen LogP contribution >= 0.6 is 0 Å². The molecule has 0 aromatic heterocycles. The van der Waals surface area contributed by atoms with Gasteiger partial charge in [-0.1, -0.05) is 13.0 Å². The number of likely N-dealkylation sites (tertiary alicyclic amines) is 1. The Morgan fingerprint density at radius 2 is 1.71 bits per heavy atom. The molecular weight excluding hydrogens is 488 g/mol. The number of carbonyl (C=O) groups excluding carboxylic acids is 2. The second-order valence-corrected chi connectivity index (χ2v) is 9.29. The Kier molecular flexibility index (Phi) is 9.25. The molecule has 2 saturated heterocycles. The van der Waals surface area contributed by atoms with E-state index in [1.807, 2.05) is 6.92 Å². The number of benzene rings is 2. The van der Waals surface area contributed by atoms with Gasteiger partial charge in [-0.3, -0.25) is 14.5 Å². The fourth-order valence-corrected chi connectivity index (χ4v) is 4.85. The van der Waals surface area contributed by atoms with E-state index in [1.165, 1.54) is 7.11 Å². The number of Topliss-reactive ketones (excluding diaryl/α,β-unsaturated/α-hetero) is 1. The quantitative estimate of drug-likeness (QED) is 0.270. The number of aliphatic hydroxyl groups excluding tert-OH is 1. The molecule has 204 valence electrons. The Balaban J connectivity index is 1.69. The van der Waals surface area contributed by atoms with Gasteiger partial charge in [-0.05, 0) is 54.8 Å². The van der Waals surface area contributed by atoms with Crippen LogP contribution in [0.25, 0.3) is 5.76 Å². The van der Waals surface area contributed by atoms with Crippen molar-refractivity contribution < 1.29 is 33.6 Å². The van der Waals surface area contributed by atoms with E-state index in [0.29, 0.717) is 61.2 Å². The van der Waals surface area contributed by atoms with Gasteiger partial charge in [0, 0.05) is 31.7 Å². The first-order valence-electron chi connectivity index (χ1n) is 13.0. The summed E-state index contributed by atoms with van der Waals surface area (Å²) in [5.74, 6) is 0.116. The van der Waals surface area contributed by atoms with E-state index in [4.69, 9.17) is 18.9 Å². The topological polar surface area (TPSA) is 97.8 Å². The molecule has 2 aliphatic heterocycles. The number of amides is 1. The molecule has 0 spiro atoms. The van der Waals surface area contributed by atoms with Crippen molar-refractivity contribution in [2.75, 3.05) is 60.2 Å². The lowest BCUT2D eigenvalue weighted by Gasteiger charge is -2.29. The van der Waals surface area contributed by atoms with Gasteiger partial charge in [0.1, 0.15) is 11.5 Å². The van der Waals surface area contributed by atoms with Crippen LogP contribution in [0.4, 0.5) is 0 Å². The second-order valence-electron chi connectivity index (χ2n) is 9.29. The summed E-state index contributed by atoms with van der Waals surface area (Å²) in [6.07, 6.45) is 1.56. The zero-order valence-corrected chi connectivity index (χ0v) is 22.3. The average Bonchev–Trinajstić information content (AvgIpc) is 3.21. The first kappa shape index (κ1) is 27.5. The molecule has 1 N–H and O–H groups in total. The Hall–Kier alpha value is -3.56. The SMILES string of the molecule is CCCOc1ccc(/C(O)=C2\C(=O)C(=O)N(CCCN3CCOCC3)[C@H]2c2ccc(OC)c(OC)c2)cc1. The summed E-state index contributed by atoms with van der Waals surface area (Å²) in [6.45, 7) is 6.82. The van der Waals surface area contributed by atoms with Crippen LogP contribution in [-0.4, -0.2) is 86.8 Å². The molecule has 4 rings (SSSR count). The van der Waals surface area contributed by atoms with E-state index in [-0.39, 0.29) is 11.3 Å². The summed E-state index contributed by atoms with van der Waals surface area (Å²) < 4.78 is 21.9. The number of morpholine rings is 1. The smallest absolute Gasteiger partial charge is 0.295 e. The van der Waals surface area contributed by atoms with Crippen molar-refractivity contribution in [3.05, 3.63) is 59.2 Å². The van der Waals surface area contributed by atoms with Crippen LogP contribution in [-0.2, 0) is 14.3 Å². The number of aliphatic hydroxyl groups is 1. The lowest BCUT2D eigenvalue weighted by molar-refractivity contribution is -0.140. The third kappa shape index (κ3) is 5.95. The van der Waals surface area contributed by atoms with Gasteiger partial charge in [-0.2, -0.15) is 0 Å². The number of nitrogens with zero attached hydrogens (tertiary/aromatic N) is 2. The summed E-state index contributed by atoms with van der Waals surface area (Å²) >= 11 is 0. The summed E-state index contributed by atoms with van der Waals surface area (Å²) in [7, 11) is 3.08. The zero-order valence-electron chi connectivity index (χ0n) is 22.3. The second kappa shape index (κ2) is 12.8. The zero-order chi connectivity index (χ0) is 27.1. The highest BCUT2D eigenvalue weighted by Gasteiger charge is 2.46. The highest BCUT2D eigenvalue weighted by atomic mass is 16.5. The van der Waals surface area contributed by atoms with Crippen molar-refractivity contribution in [3.8, 4) is 17.2 Å².